The van der Waals surface area contributed by atoms with Gasteiger partial charge in [0.25, 0.3) is 0 Å². The molecular weight excluding hydrogens is 382 g/mol. The van der Waals surface area contributed by atoms with E-state index in [9.17, 15) is 9.59 Å². The Morgan fingerprint density at radius 2 is 1.93 bits per heavy atom. The number of nitrogens with one attached hydrogen (secondary N) is 1. The molecule has 0 radical (unpaired) electrons. The topological polar surface area (TPSA) is 73.9 Å². The molecule has 6 nitrogen and oxygen atoms in total. The smallest absolute Gasteiger partial charge is 0.407 e. The van der Waals surface area contributed by atoms with Crippen LogP contribution in [0.5, 0.6) is 0 Å². The first-order chi connectivity index (χ1) is 14.7. The molecule has 1 unspecified atom stereocenters. The summed E-state index contributed by atoms with van der Waals surface area (Å²) in [5, 5.41) is 2.95. The summed E-state index contributed by atoms with van der Waals surface area (Å²) < 4.78 is 16.0. The lowest BCUT2D eigenvalue weighted by atomic mass is 10.0. The Morgan fingerprint density at radius 1 is 1.17 bits per heavy atom. The molecule has 0 saturated carbocycles. The summed E-state index contributed by atoms with van der Waals surface area (Å²) in [5.41, 5.74) is 0.952. The van der Waals surface area contributed by atoms with E-state index >= 15 is 0 Å². The van der Waals surface area contributed by atoms with E-state index in [-0.39, 0.29) is 24.7 Å². The van der Waals surface area contributed by atoms with Crippen LogP contribution in [0.15, 0.2) is 42.5 Å². The summed E-state index contributed by atoms with van der Waals surface area (Å²) in [6, 6.07) is 9.56. The van der Waals surface area contributed by atoms with E-state index in [1.807, 2.05) is 36.4 Å². The van der Waals surface area contributed by atoms with Crippen LogP contribution >= 0.6 is 0 Å². The Morgan fingerprint density at radius 3 is 2.67 bits per heavy atom. The second-order valence-corrected chi connectivity index (χ2v) is 7.57. The van der Waals surface area contributed by atoms with Gasteiger partial charge in [-0.2, -0.15) is 0 Å². The number of hydrogen-bond donors (Lipinski definition) is 1. The van der Waals surface area contributed by atoms with Crippen LogP contribution in [-0.4, -0.2) is 37.4 Å². The van der Waals surface area contributed by atoms with Crippen molar-refractivity contribution in [1.82, 2.24) is 5.32 Å². The molecule has 0 aromatic heterocycles. The molecule has 1 fully saturated rings. The zero-order valence-electron chi connectivity index (χ0n) is 18.0. The molecule has 1 heterocycles. The first kappa shape index (κ1) is 24.1. The summed E-state index contributed by atoms with van der Waals surface area (Å²) in [6.45, 7) is 3.61. The minimum absolute atomic E-state index is 0.0457. The molecule has 1 amide bonds. The Balaban J connectivity index is 1.74. The summed E-state index contributed by atoms with van der Waals surface area (Å²) in [6.07, 6.45) is 9.74. The molecule has 1 atom stereocenters. The number of rotatable bonds is 14. The van der Waals surface area contributed by atoms with Crippen molar-refractivity contribution in [3.63, 3.8) is 0 Å². The fourth-order valence-electron chi connectivity index (χ4n) is 3.28. The van der Waals surface area contributed by atoms with Crippen molar-refractivity contribution in [3.8, 4) is 0 Å². The van der Waals surface area contributed by atoms with E-state index in [1.165, 1.54) is 12.8 Å². The van der Waals surface area contributed by atoms with Crippen molar-refractivity contribution in [2.24, 2.45) is 0 Å². The van der Waals surface area contributed by atoms with Crippen molar-refractivity contribution in [3.05, 3.63) is 48.0 Å². The van der Waals surface area contributed by atoms with Gasteiger partial charge in [-0.15, -0.1) is 0 Å². The molecule has 1 aromatic rings. The third kappa shape index (κ3) is 10.6. The zero-order valence-corrected chi connectivity index (χ0v) is 18.0. The van der Waals surface area contributed by atoms with Crippen LogP contribution in [0.2, 0.25) is 0 Å². The average Bonchev–Trinajstić information content (AvgIpc) is 3.28. The van der Waals surface area contributed by atoms with Crippen molar-refractivity contribution >= 4 is 11.9 Å². The zero-order chi connectivity index (χ0) is 21.4. The number of ether oxygens (including phenoxy) is 3. The molecule has 1 aromatic carbocycles. The number of allylic oxidation sites excluding steroid dienone is 1. The number of ketones is 1. The van der Waals surface area contributed by atoms with Gasteiger partial charge in [0.05, 0.1) is 13.2 Å². The van der Waals surface area contributed by atoms with Crippen LogP contribution in [0.3, 0.4) is 0 Å². The maximum absolute atomic E-state index is 12.2. The molecule has 1 aliphatic heterocycles. The molecule has 1 aliphatic rings. The van der Waals surface area contributed by atoms with Crippen LogP contribution in [0.1, 0.15) is 63.9 Å². The average molecular weight is 418 g/mol. The van der Waals surface area contributed by atoms with E-state index in [4.69, 9.17) is 14.2 Å². The van der Waals surface area contributed by atoms with Crippen LogP contribution < -0.4 is 5.32 Å². The van der Waals surface area contributed by atoms with E-state index in [2.05, 4.69) is 12.2 Å². The minimum atomic E-state index is -0.422. The van der Waals surface area contributed by atoms with Gasteiger partial charge in [0, 0.05) is 18.9 Å². The fourth-order valence-corrected chi connectivity index (χ4v) is 3.28. The fraction of sp³-hybridized carbons (Fsp3) is 0.583. The van der Waals surface area contributed by atoms with Crippen molar-refractivity contribution < 1.29 is 23.8 Å². The molecule has 0 aliphatic carbocycles. The summed E-state index contributed by atoms with van der Waals surface area (Å²) in [4.78, 5) is 24.3. The van der Waals surface area contributed by atoms with Gasteiger partial charge in [-0.05, 0) is 24.5 Å². The number of hydrogen-bond acceptors (Lipinski definition) is 5. The number of carbonyl (C=O) groups is 2. The maximum atomic E-state index is 12.2. The number of benzene rings is 1. The van der Waals surface area contributed by atoms with Gasteiger partial charge in [-0.3, -0.25) is 4.79 Å². The first-order valence-corrected chi connectivity index (χ1v) is 11.1. The highest BCUT2D eigenvalue weighted by molar-refractivity contribution is 5.89. The lowest BCUT2D eigenvalue weighted by Gasteiger charge is -2.17. The molecule has 1 N–H and O–H groups in total. The van der Waals surface area contributed by atoms with Gasteiger partial charge in [-0.25, -0.2) is 4.79 Å². The molecule has 30 heavy (non-hydrogen) atoms. The Labute approximate surface area is 180 Å². The van der Waals surface area contributed by atoms with Crippen LogP contribution in [-0.2, 0) is 25.6 Å². The van der Waals surface area contributed by atoms with E-state index in [0.717, 1.165) is 24.8 Å². The van der Waals surface area contributed by atoms with E-state index in [0.29, 0.717) is 32.5 Å². The van der Waals surface area contributed by atoms with E-state index < -0.39 is 6.09 Å². The largest absolute Gasteiger partial charge is 0.445 e. The molecule has 0 bridgehead atoms. The quantitative estimate of drug-likeness (QED) is 0.343. The van der Waals surface area contributed by atoms with Crippen LogP contribution in [0, 0.1) is 0 Å². The van der Waals surface area contributed by atoms with Crippen LogP contribution in [0.25, 0.3) is 0 Å². The lowest BCUT2D eigenvalue weighted by molar-refractivity contribution is -0.117. The van der Waals surface area contributed by atoms with Gasteiger partial charge in [0.2, 0.25) is 0 Å². The van der Waals surface area contributed by atoms with Gasteiger partial charge < -0.3 is 19.5 Å². The predicted octanol–water partition coefficient (Wildman–Crippen LogP) is 4.92. The van der Waals surface area contributed by atoms with E-state index in [1.54, 1.807) is 6.08 Å². The third-order valence-electron chi connectivity index (χ3n) is 4.98. The number of amides is 1. The molecule has 0 spiro atoms. The SMILES string of the molecule is CCCCCCC(C/C=C/C(=O)CCC1OCCO1)NC(=O)OCc1ccccc1. The molecule has 6 heteroatoms. The maximum Gasteiger partial charge on any atom is 0.407 e. The van der Waals surface area contributed by atoms with Gasteiger partial charge in [0.15, 0.2) is 12.1 Å². The molecule has 166 valence electrons. The molecule has 1 saturated heterocycles. The third-order valence-corrected chi connectivity index (χ3v) is 4.98. The number of alkyl carbamates (subject to hydrolysis) is 1. The highest BCUT2D eigenvalue weighted by Crippen LogP contribution is 2.12. The first-order valence-electron chi connectivity index (χ1n) is 11.1. The standard InChI is InChI=1S/C24H35NO5/c1-2-3-4-8-12-21(25-24(27)30-19-20-10-6-5-7-11-20)13-9-14-22(26)15-16-23-28-17-18-29-23/h5-7,9-11,14,21,23H,2-4,8,12-13,15-19H2,1H3,(H,25,27)/b14-9+. The second-order valence-electron chi connectivity index (χ2n) is 7.57. The Hall–Kier alpha value is -2.18. The highest BCUT2D eigenvalue weighted by Gasteiger charge is 2.16. The monoisotopic (exact) mass is 417 g/mol. The van der Waals surface area contributed by atoms with Crippen LogP contribution in [0.4, 0.5) is 4.79 Å². The van der Waals surface area contributed by atoms with Gasteiger partial charge in [-0.1, -0.05) is 69.0 Å². The van der Waals surface area contributed by atoms with Crippen molar-refractivity contribution in [1.29, 1.82) is 0 Å². The lowest BCUT2D eigenvalue weighted by Crippen LogP contribution is -2.35. The van der Waals surface area contributed by atoms with Crippen molar-refractivity contribution in [2.45, 2.75) is 77.2 Å². The highest BCUT2D eigenvalue weighted by atomic mass is 16.7. The summed E-state index contributed by atoms with van der Waals surface area (Å²) >= 11 is 0. The Bertz CT molecular complexity index is 640. The minimum Gasteiger partial charge on any atom is -0.445 e. The van der Waals surface area contributed by atoms with Gasteiger partial charge in [0.1, 0.15) is 6.61 Å². The normalized spacial score (nSPS) is 15.4. The summed E-state index contributed by atoms with van der Waals surface area (Å²) in [5.74, 6) is 0.0467. The van der Waals surface area contributed by atoms with Crippen molar-refractivity contribution in [2.75, 3.05) is 13.2 Å². The number of unbranched alkanes of at least 4 members (excludes halogenated alkanes) is 3. The molecular formula is C24H35NO5. The number of carbonyl (C=O) groups excluding carboxylic acids is 2. The Kier molecular flexibility index (Phi) is 11.8. The second kappa shape index (κ2) is 14.7. The summed E-state index contributed by atoms with van der Waals surface area (Å²) in [7, 11) is 0. The van der Waals surface area contributed by atoms with Gasteiger partial charge >= 0.3 is 6.09 Å². The molecule has 2 rings (SSSR count). The predicted molar refractivity (Wildman–Crippen MR) is 116 cm³/mol.